The Morgan fingerprint density at radius 1 is 1.00 bits per heavy atom. The van der Waals surface area contributed by atoms with E-state index in [1.54, 1.807) is 17.0 Å². The van der Waals surface area contributed by atoms with E-state index in [0.29, 0.717) is 17.7 Å². The Balaban J connectivity index is 1.90. The predicted octanol–water partition coefficient (Wildman–Crippen LogP) is 3.49. The molecule has 0 bridgehead atoms. The highest BCUT2D eigenvalue weighted by atomic mass is 16.2. The van der Waals surface area contributed by atoms with Gasteiger partial charge >= 0.3 is 0 Å². The summed E-state index contributed by atoms with van der Waals surface area (Å²) in [4.78, 5) is 27.4. The second-order valence-corrected chi connectivity index (χ2v) is 6.38. The number of hydrogen-bond acceptors (Lipinski definition) is 2. The van der Waals surface area contributed by atoms with E-state index in [1.165, 1.54) is 5.56 Å². The largest absolute Gasteiger partial charge is 0.324 e. The smallest absolute Gasteiger partial charge is 0.256 e. The van der Waals surface area contributed by atoms with Crippen molar-refractivity contribution in [2.75, 3.05) is 5.32 Å². The van der Waals surface area contributed by atoms with Crippen molar-refractivity contribution in [2.45, 2.75) is 38.8 Å². The van der Waals surface area contributed by atoms with Gasteiger partial charge in [0.1, 0.15) is 6.04 Å². The van der Waals surface area contributed by atoms with Crippen molar-refractivity contribution >= 4 is 17.5 Å². The van der Waals surface area contributed by atoms with E-state index in [0.717, 1.165) is 6.42 Å². The first-order valence-corrected chi connectivity index (χ1v) is 8.34. The predicted molar refractivity (Wildman–Crippen MR) is 94.9 cm³/mol. The van der Waals surface area contributed by atoms with Gasteiger partial charge in [-0.15, -0.1) is 0 Å². The number of benzene rings is 2. The van der Waals surface area contributed by atoms with Crippen LogP contribution in [0.4, 0.5) is 5.69 Å². The molecule has 1 aliphatic rings. The van der Waals surface area contributed by atoms with Crippen LogP contribution in [-0.2, 0) is 11.2 Å². The van der Waals surface area contributed by atoms with Crippen LogP contribution in [0.3, 0.4) is 0 Å². The molecule has 2 aromatic carbocycles. The van der Waals surface area contributed by atoms with Crippen molar-refractivity contribution in [3.8, 4) is 0 Å². The number of nitrogens with one attached hydrogen (secondary N) is 1. The highest BCUT2D eigenvalue weighted by Gasteiger charge is 2.36. The van der Waals surface area contributed by atoms with E-state index < -0.39 is 6.04 Å². The summed E-state index contributed by atoms with van der Waals surface area (Å²) in [7, 11) is 0. The Hall–Kier alpha value is -2.62. The number of fused-ring (bicyclic) bond motifs is 1. The van der Waals surface area contributed by atoms with Gasteiger partial charge in [-0.2, -0.15) is 0 Å². The van der Waals surface area contributed by atoms with Crippen LogP contribution >= 0.6 is 0 Å². The molecule has 1 aliphatic heterocycles. The van der Waals surface area contributed by atoms with Crippen LogP contribution in [-0.4, -0.2) is 28.8 Å². The number of nitrogens with zero attached hydrogens (tertiary/aromatic N) is 1. The Labute approximate surface area is 142 Å². The summed E-state index contributed by atoms with van der Waals surface area (Å²) < 4.78 is 0. The molecule has 3 rings (SSSR count). The van der Waals surface area contributed by atoms with E-state index in [-0.39, 0.29) is 17.9 Å². The number of aryl methyl sites for hydroxylation is 1. The Kier molecular flexibility index (Phi) is 4.65. The standard InChI is InChI=1S/C20H22N2O2/c1-14(2)22-18(13-12-15-8-4-3-5-9-15)19(23)21-17-11-7-6-10-16(17)20(22)24/h3-11,14,18H,12-13H2,1-2H3,(H,21,23). The van der Waals surface area contributed by atoms with Crippen molar-refractivity contribution in [3.05, 3.63) is 65.7 Å². The van der Waals surface area contributed by atoms with Gasteiger partial charge in [-0.05, 0) is 44.4 Å². The lowest BCUT2D eigenvalue weighted by molar-refractivity contribution is -0.121. The molecule has 0 saturated carbocycles. The number of anilines is 1. The summed E-state index contributed by atoms with van der Waals surface area (Å²) in [5, 5.41) is 2.92. The van der Waals surface area contributed by atoms with Gasteiger partial charge in [0.25, 0.3) is 5.91 Å². The summed E-state index contributed by atoms with van der Waals surface area (Å²) in [6.07, 6.45) is 1.36. The maximum absolute atomic E-state index is 13.0. The molecule has 1 N–H and O–H groups in total. The minimum atomic E-state index is -0.467. The maximum atomic E-state index is 13.0. The third-order valence-corrected chi connectivity index (χ3v) is 4.39. The molecule has 4 heteroatoms. The average Bonchev–Trinajstić information content (AvgIpc) is 2.68. The minimum Gasteiger partial charge on any atom is -0.324 e. The van der Waals surface area contributed by atoms with Gasteiger partial charge < -0.3 is 10.2 Å². The van der Waals surface area contributed by atoms with Crippen molar-refractivity contribution < 1.29 is 9.59 Å². The molecule has 124 valence electrons. The molecule has 24 heavy (non-hydrogen) atoms. The van der Waals surface area contributed by atoms with Crippen molar-refractivity contribution in [3.63, 3.8) is 0 Å². The second kappa shape index (κ2) is 6.87. The number of rotatable bonds is 4. The first-order chi connectivity index (χ1) is 11.6. The number of amides is 2. The Morgan fingerprint density at radius 3 is 2.38 bits per heavy atom. The van der Waals surface area contributed by atoms with E-state index in [1.807, 2.05) is 56.3 Å². The summed E-state index contributed by atoms with van der Waals surface area (Å²) in [5.41, 5.74) is 2.32. The Bertz CT molecular complexity index is 740. The molecule has 0 spiro atoms. The van der Waals surface area contributed by atoms with E-state index in [4.69, 9.17) is 0 Å². The molecular weight excluding hydrogens is 300 g/mol. The fourth-order valence-electron chi connectivity index (χ4n) is 3.21. The molecule has 2 amide bonds. The molecule has 4 nitrogen and oxygen atoms in total. The van der Waals surface area contributed by atoms with Crippen LogP contribution in [0.1, 0.15) is 36.2 Å². The zero-order valence-electron chi connectivity index (χ0n) is 14.0. The van der Waals surface area contributed by atoms with Crippen LogP contribution in [0, 0.1) is 0 Å². The lowest BCUT2D eigenvalue weighted by Crippen LogP contribution is -2.49. The molecule has 0 fully saturated rings. The molecular formula is C20H22N2O2. The first kappa shape index (κ1) is 16.2. The maximum Gasteiger partial charge on any atom is 0.256 e. The fourth-order valence-corrected chi connectivity index (χ4v) is 3.21. The Morgan fingerprint density at radius 2 is 1.67 bits per heavy atom. The van der Waals surface area contributed by atoms with Crippen molar-refractivity contribution in [1.29, 1.82) is 0 Å². The molecule has 1 unspecified atom stereocenters. The van der Waals surface area contributed by atoms with Crippen LogP contribution in [0.25, 0.3) is 0 Å². The number of hydrogen-bond donors (Lipinski definition) is 1. The molecule has 0 radical (unpaired) electrons. The summed E-state index contributed by atoms with van der Waals surface area (Å²) >= 11 is 0. The molecule has 1 heterocycles. The van der Waals surface area contributed by atoms with Crippen molar-refractivity contribution in [1.82, 2.24) is 4.90 Å². The van der Waals surface area contributed by atoms with Gasteiger partial charge in [0.15, 0.2) is 0 Å². The topological polar surface area (TPSA) is 49.4 Å². The van der Waals surface area contributed by atoms with Crippen LogP contribution in [0.2, 0.25) is 0 Å². The van der Waals surface area contributed by atoms with Gasteiger partial charge in [0.2, 0.25) is 5.91 Å². The third kappa shape index (κ3) is 3.18. The van der Waals surface area contributed by atoms with Gasteiger partial charge in [-0.3, -0.25) is 9.59 Å². The number of carbonyl (C=O) groups excluding carboxylic acids is 2. The SMILES string of the molecule is CC(C)N1C(=O)c2ccccc2NC(=O)C1CCc1ccccc1. The highest BCUT2D eigenvalue weighted by Crippen LogP contribution is 2.26. The normalized spacial score (nSPS) is 17.5. The van der Waals surface area contributed by atoms with E-state index >= 15 is 0 Å². The van der Waals surface area contributed by atoms with E-state index in [2.05, 4.69) is 5.32 Å². The summed E-state index contributed by atoms with van der Waals surface area (Å²) in [6, 6.07) is 16.7. The number of para-hydroxylation sites is 1. The molecule has 0 aromatic heterocycles. The van der Waals surface area contributed by atoms with Crippen molar-refractivity contribution in [2.24, 2.45) is 0 Å². The van der Waals surface area contributed by atoms with Crippen LogP contribution in [0.5, 0.6) is 0 Å². The quantitative estimate of drug-likeness (QED) is 0.937. The average molecular weight is 322 g/mol. The van der Waals surface area contributed by atoms with Gasteiger partial charge in [-0.25, -0.2) is 0 Å². The third-order valence-electron chi connectivity index (χ3n) is 4.39. The van der Waals surface area contributed by atoms with Crippen LogP contribution in [0.15, 0.2) is 54.6 Å². The minimum absolute atomic E-state index is 0.0461. The summed E-state index contributed by atoms with van der Waals surface area (Å²) in [5.74, 6) is -0.199. The zero-order chi connectivity index (χ0) is 17.1. The molecule has 2 aromatic rings. The van der Waals surface area contributed by atoms with Gasteiger partial charge in [0.05, 0.1) is 11.3 Å². The second-order valence-electron chi connectivity index (χ2n) is 6.38. The fraction of sp³-hybridized carbons (Fsp3) is 0.300. The van der Waals surface area contributed by atoms with E-state index in [9.17, 15) is 9.59 Å². The van der Waals surface area contributed by atoms with Crippen LogP contribution < -0.4 is 5.32 Å². The zero-order valence-corrected chi connectivity index (χ0v) is 14.0. The number of carbonyl (C=O) groups is 2. The molecule has 0 saturated heterocycles. The molecule has 1 atom stereocenters. The first-order valence-electron chi connectivity index (χ1n) is 8.34. The van der Waals surface area contributed by atoms with Gasteiger partial charge in [0, 0.05) is 6.04 Å². The summed E-state index contributed by atoms with van der Waals surface area (Å²) in [6.45, 7) is 3.91. The highest BCUT2D eigenvalue weighted by molar-refractivity contribution is 6.09. The lowest BCUT2D eigenvalue weighted by Gasteiger charge is -2.32. The monoisotopic (exact) mass is 322 g/mol. The molecule has 0 aliphatic carbocycles. The van der Waals surface area contributed by atoms with Gasteiger partial charge in [-0.1, -0.05) is 42.5 Å². The lowest BCUT2D eigenvalue weighted by atomic mass is 10.0.